The standard InChI is InChI=1S/C13H10FN3/c1-8-6-7-11-13(15-8)17-12(16-11)9-4-2-3-5-10(9)14/h2-7H,1H3,(H,15,16,17). The van der Waals surface area contributed by atoms with Gasteiger partial charge >= 0.3 is 0 Å². The van der Waals surface area contributed by atoms with Gasteiger partial charge < -0.3 is 4.98 Å². The lowest BCUT2D eigenvalue weighted by Crippen LogP contribution is -1.85. The van der Waals surface area contributed by atoms with Gasteiger partial charge in [-0.25, -0.2) is 14.4 Å². The number of nitrogens with zero attached hydrogens (tertiary/aromatic N) is 2. The zero-order valence-corrected chi connectivity index (χ0v) is 9.24. The molecule has 0 amide bonds. The number of H-pyrrole nitrogens is 1. The molecular formula is C13H10FN3. The Morgan fingerprint density at radius 3 is 2.71 bits per heavy atom. The zero-order valence-electron chi connectivity index (χ0n) is 9.24. The summed E-state index contributed by atoms with van der Waals surface area (Å²) >= 11 is 0. The van der Waals surface area contributed by atoms with Crippen LogP contribution in [0.2, 0.25) is 0 Å². The number of halogens is 1. The third-order valence-corrected chi connectivity index (χ3v) is 2.61. The monoisotopic (exact) mass is 227 g/mol. The van der Waals surface area contributed by atoms with Crippen molar-refractivity contribution in [3.63, 3.8) is 0 Å². The van der Waals surface area contributed by atoms with Gasteiger partial charge in [-0.1, -0.05) is 12.1 Å². The summed E-state index contributed by atoms with van der Waals surface area (Å²) in [6.07, 6.45) is 0. The Labute approximate surface area is 97.3 Å². The van der Waals surface area contributed by atoms with E-state index in [9.17, 15) is 4.39 Å². The molecule has 0 atom stereocenters. The van der Waals surface area contributed by atoms with Crippen molar-refractivity contribution in [3.05, 3.63) is 47.9 Å². The summed E-state index contributed by atoms with van der Waals surface area (Å²) < 4.78 is 13.6. The summed E-state index contributed by atoms with van der Waals surface area (Å²) in [5.74, 6) is 0.222. The Bertz CT molecular complexity index is 688. The van der Waals surface area contributed by atoms with Gasteiger partial charge in [-0.3, -0.25) is 0 Å². The number of nitrogens with one attached hydrogen (secondary N) is 1. The van der Waals surface area contributed by atoms with Crippen molar-refractivity contribution in [2.24, 2.45) is 0 Å². The second-order valence-corrected chi connectivity index (χ2v) is 3.89. The Morgan fingerprint density at radius 1 is 1.06 bits per heavy atom. The van der Waals surface area contributed by atoms with Crippen LogP contribution in [0.5, 0.6) is 0 Å². The fourth-order valence-corrected chi connectivity index (χ4v) is 1.77. The lowest BCUT2D eigenvalue weighted by molar-refractivity contribution is 0.630. The van der Waals surface area contributed by atoms with Crippen molar-refractivity contribution >= 4 is 11.2 Å². The van der Waals surface area contributed by atoms with Crippen LogP contribution in [0.3, 0.4) is 0 Å². The maximum atomic E-state index is 13.6. The summed E-state index contributed by atoms with van der Waals surface area (Å²) in [4.78, 5) is 11.7. The molecule has 0 aliphatic heterocycles. The van der Waals surface area contributed by atoms with Gasteiger partial charge in [0.15, 0.2) is 5.65 Å². The lowest BCUT2D eigenvalue weighted by Gasteiger charge is -1.96. The van der Waals surface area contributed by atoms with Crippen LogP contribution in [0.1, 0.15) is 5.69 Å². The van der Waals surface area contributed by atoms with E-state index in [4.69, 9.17) is 0 Å². The minimum atomic E-state index is -0.289. The van der Waals surface area contributed by atoms with Crippen molar-refractivity contribution in [2.45, 2.75) is 6.92 Å². The SMILES string of the molecule is Cc1ccc2[nH]c(-c3ccccc3F)nc2n1. The fraction of sp³-hybridized carbons (Fsp3) is 0.0769. The van der Waals surface area contributed by atoms with E-state index in [-0.39, 0.29) is 5.82 Å². The van der Waals surface area contributed by atoms with E-state index >= 15 is 0 Å². The van der Waals surface area contributed by atoms with Crippen LogP contribution in [0.4, 0.5) is 4.39 Å². The number of aryl methyl sites for hydroxylation is 1. The van der Waals surface area contributed by atoms with E-state index in [2.05, 4.69) is 15.0 Å². The number of benzene rings is 1. The molecule has 0 unspecified atom stereocenters. The molecule has 0 aliphatic carbocycles. The topological polar surface area (TPSA) is 41.6 Å². The van der Waals surface area contributed by atoms with Crippen LogP contribution in [-0.4, -0.2) is 15.0 Å². The number of aromatic nitrogens is 3. The third kappa shape index (κ3) is 1.67. The molecule has 17 heavy (non-hydrogen) atoms. The molecule has 0 aliphatic rings. The average Bonchev–Trinajstić information content (AvgIpc) is 2.72. The normalized spacial score (nSPS) is 10.9. The predicted molar refractivity (Wildman–Crippen MR) is 64.0 cm³/mol. The predicted octanol–water partition coefficient (Wildman–Crippen LogP) is 3.07. The van der Waals surface area contributed by atoms with Crippen LogP contribution in [-0.2, 0) is 0 Å². The molecule has 0 radical (unpaired) electrons. The van der Waals surface area contributed by atoms with Gasteiger partial charge in [0.1, 0.15) is 11.6 Å². The highest BCUT2D eigenvalue weighted by atomic mass is 19.1. The Morgan fingerprint density at radius 2 is 1.88 bits per heavy atom. The van der Waals surface area contributed by atoms with Gasteiger partial charge in [-0.15, -0.1) is 0 Å². The molecule has 84 valence electrons. The number of imidazole rings is 1. The van der Waals surface area contributed by atoms with E-state index in [1.165, 1.54) is 6.07 Å². The van der Waals surface area contributed by atoms with Gasteiger partial charge in [0.05, 0.1) is 11.1 Å². The highest BCUT2D eigenvalue weighted by Gasteiger charge is 2.09. The maximum absolute atomic E-state index is 13.6. The minimum Gasteiger partial charge on any atom is -0.336 e. The summed E-state index contributed by atoms with van der Waals surface area (Å²) in [5, 5.41) is 0. The molecule has 0 bridgehead atoms. The molecule has 0 fully saturated rings. The second kappa shape index (κ2) is 3.66. The molecule has 2 aromatic heterocycles. The molecule has 4 heteroatoms. The molecule has 0 saturated heterocycles. The van der Waals surface area contributed by atoms with Crippen molar-refractivity contribution in [1.82, 2.24) is 15.0 Å². The van der Waals surface area contributed by atoms with Gasteiger partial charge in [-0.2, -0.15) is 0 Å². The van der Waals surface area contributed by atoms with E-state index in [1.54, 1.807) is 18.2 Å². The molecule has 0 saturated carbocycles. The van der Waals surface area contributed by atoms with E-state index < -0.39 is 0 Å². The van der Waals surface area contributed by atoms with Crippen LogP contribution in [0.25, 0.3) is 22.6 Å². The van der Waals surface area contributed by atoms with Crippen molar-refractivity contribution in [3.8, 4) is 11.4 Å². The van der Waals surface area contributed by atoms with E-state index in [0.717, 1.165) is 11.2 Å². The van der Waals surface area contributed by atoms with Crippen molar-refractivity contribution in [1.29, 1.82) is 0 Å². The van der Waals surface area contributed by atoms with Crippen molar-refractivity contribution in [2.75, 3.05) is 0 Å². The lowest BCUT2D eigenvalue weighted by atomic mass is 10.2. The molecule has 0 spiro atoms. The average molecular weight is 227 g/mol. The van der Waals surface area contributed by atoms with Crippen LogP contribution >= 0.6 is 0 Å². The molecule has 3 nitrogen and oxygen atoms in total. The van der Waals surface area contributed by atoms with Gasteiger partial charge in [0.2, 0.25) is 0 Å². The molecule has 3 aromatic rings. The van der Waals surface area contributed by atoms with Crippen LogP contribution in [0, 0.1) is 12.7 Å². The summed E-state index contributed by atoms with van der Waals surface area (Å²) in [6.45, 7) is 1.90. The number of hydrogen-bond donors (Lipinski definition) is 1. The first-order chi connectivity index (χ1) is 8.24. The zero-order chi connectivity index (χ0) is 11.8. The summed E-state index contributed by atoms with van der Waals surface area (Å²) in [6, 6.07) is 10.3. The molecule has 2 heterocycles. The molecular weight excluding hydrogens is 217 g/mol. The number of rotatable bonds is 1. The Balaban J connectivity index is 2.22. The quantitative estimate of drug-likeness (QED) is 0.694. The fourth-order valence-electron chi connectivity index (χ4n) is 1.77. The maximum Gasteiger partial charge on any atom is 0.178 e. The van der Waals surface area contributed by atoms with Crippen LogP contribution in [0.15, 0.2) is 36.4 Å². The number of aromatic amines is 1. The first-order valence-corrected chi connectivity index (χ1v) is 5.32. The van der Waals surface area contributed by atoms with E-state index in [1.807, 2.05) is 19.1 Å². The molecule has 1 aromatic carbocycles. The molecule has 3 rings (SSSR count). The number of hydrogen-bond acceptors (Lipinski definition) is 2. The highest BCUT2D eigenvalue weighted by molar-refractivity contribution is 5.76. The smallest absolute Gasteiger partial charge is 0.178 e. The number of fused-ring (bicyclic) bond motifs is 1. The van der Waals surface area contributed by atoms with Gasteiger partial charge in [-0.05, 0) is 31.2 Å². The van der Waals surface area contributed by atoms with Crippen molar-refractivity contribution < 1.29 is 4.39 Å². The number of pyridine rings is 1. The largest absolute Gasteiger partial charge is 0.336 e. The summed E-state index contributed by atoms with van der Waals surface area (Å²) in [5.41, 5.74) is 2.78. The Hall–Kier alpha value is -2.23. The minimum absolute atomic E-state index is 0.289. The third-order valence-electron chi connectivity index (χ3n) is 2.61. The van der Waals surface area contributed by atoms with Gasteiger partial charge in [0, 0.05) is 5.69 Å². The van der Waals surface area contributed by atoms with E-state index in [0.29, 0.717) is 17.0 Å². The first kappa shape index (κ1) is 9.96. The van der Waals surface area contributed by atoms with Crippen LogP contribution < -0.4 is 0 Å². The van der Waals surface area contributed by atoms with Gasteiger partial charge in [0.25, 0.3) is 0 Å². The molecule has 1 N–H and O–H groups in total. The highest BCUT2D eigenvalue weighted by Crippen LogP contribution is 2.21. The Kier molecular flexibility index (Phi) is 2.14. The first-order valence-electron chi connectivity index (χ1n) is 5.32. The summed E-state index contributed by atoms with van der Waals surface area (Å²) in [7, 11) is 0. The second-order valence-electron chi connectivity index (χ2n) is 3.89.